The molecule has 0 unspecified atom stereocenters. The summed E-state index contributed by atoms with van der Waals surface area (Å²) in [7, 11) is -2.55. The molecule has 2 aromatic heterocycles. The van der Waals surface area contributed by atoms with Crippen molar-refractivity contribution in [2.45, 2.75) is 49.1 Å². The van der Waals surface area contributed by atoms with Crippen LogP contribution in [0, 0.1) is 5.92 Å². The van der Waals surface area contributed by atoms with Crippen molar-refractivity contribution < 1.29 is 26.4 Å². The summed E-state index contributed by atoms with van der Waals surface area (Å²) >= 11 is 4.48. The Labute approximate surface area is 243 Å². The summed E-state index contributed by atoms with van der Waals surface area (Å²) in [5.74, 6) is -1.20. The Morgan fingerprint density at radius 1 is 1.12 bits per heavy atom. The standard InChI is InChI=1S/C26H29BrF3N5O3S2/c1-34-10-12-35(13-11-34)40(37,38)21-8-6-17(15-19(21)26(28,29)30)18(14-16-4-2-3-5-16)23(36)33-25-31-20-7-9-22(27)32-24(20)39-25/h6-9,15-16,18H,2-5,10-14H2,1H3,(H,31,33,36)/t18-/m1/s1. The zero-order valence-corrected chi connectivity index (χ0v) is 25.0. The van der Waals surface area contributed by atoms with E-state index in [1.807, 2.05) is 11.9 Å². The third-order valence-electron chi connectivity index (χ3n) is 7.60. The van der Waals surface area contributed by atoms with Crippen LogP contribution >= 0.6 is 27.3 Å². The number of nitrogens with zero attached hydrogens (tertiary/aromatic N) is 4. The van der Waals surface area contributed by atoms with E-state index in [0.29, 0.717) is 39.6 Å². The number of piperazine rings is 1. The van der Waals surface area contributed by atoms with E-state index in [0.717, 1.165) is 42.1 Å². The summed E-state index contributed by atoms with van der Waals surface area (Å²) in [5, 5.41) is 3.08. The highest BCUT2D eigenvalue weighted by Gasteiger charge is 2.41. The molecule has 1 saturated heterocycles. The number of nitrogens with one attached hydrogen (secondary N) is 1. The van der Waals surface area contributed by atoms with Crippen LogP contribution in [-0.2, 0) is 21.0 Å². The fraction of sp³-hybridized carbons (Fsp3) is 0.500. The molecule has 1 aliphatic heterocycles. The van der Waals surface area contributed by atoms with Gasteiger partial charge in [0.25, 0.3) is 0 Å². The van der Waals surface area contributed by atoms with Crippen LogP contribution in [-0.4, -0.2) is 66.7 Å². The van der Waals surface area contributed by atoms with Gasteiger partial charge >= 0.3 is 6.18 Å². The van der Waals surface area contributed by atoms with E-state index in [1.165, 1.54) is 17.4 Å². The van der Waals surface area contributed by atoms with Gasteiger partial charge < -0.3 is 10.2 Å². The average molecular weight is 661 g/mol. The van der Waals surface area contributed by atoms with Gasteiger partial charge in [-0.05, 0) is 65.1 Å². The van der Waals surface area contributed by atoms with Gasteiger partial charge in [0.2, 0.25) is 15.9 Å². The predicted octanol–water partition coefficient (Wildman–Crippen LogP) is 5.71. The molecule has 2 aliphatic rings. The number of amides is 1. The van der Waals surface area contributed by atoms with Gasteiger partial charge in [0.05, 0.1) is 16.4 Å². The number of hydrogen-bond donors (Lipinski definition) is 1. The first-order valence-corrected chi connectivity index (χ1v) is 16.1. The molecule has 1 saturated carbocycles. The normalized spacial score (nSPS) is 18.8. The Bertz CT molecular complexity index is 1500. The van der Waals surface area contributed by atoms with Crippen LogP contribution in [0.25, 0.3) is 10.3 Å². The van der Waals surface area contributed by atoms with E-state index in [-0.39, 0.29) is 24.6 Å². The molecular weight excluding hydrogens is 631 g/mol. The summed E-state index contributed by atoms with van der Waals surface area (Å²) in [5.41, 5.74) is -0.521. The van der Waals surface area contributed by atoms with Crippen molar-refractivity contribution in [3.63, 3.8) is 0 Å². The van der Waals surface area contributed by atoms with Gasteiger partial charge in [-0.15, -0.1) is 0 Å². The molecule has 1 amide bonds. The molecule has 40 heavy (non-hydrogen) atoms. The first-order chi connectivity index (χ1) is 18.9. The number of sulfonamides is 1. The van der Waals surface area contributed by atoms with Crippen molar-refractivity contribution in [2.75, 3.05) is 38.5 Å². The number of aromatic nitrogens is 2. The molecular formula is C26H29BrF3N5O3S2. The summed E-state index contributed by atoms with van der Waals surface area (Å²) in [6, 6.07) is 6.70. The summed E-state index contributed by atoms with van der Waals surface area (Å²) in [6.07, 6.45) is -0.759. The molecule has 3 heterocycles. The lowest BCUT2D eigenvalue weighted by Gasteiger charge is -2.32. The fourth-order valence-electron chi connectivity index (χ4n) is 5.39. The number of likely N-dealkylation sites (N-methyl/N-ethyl adjacent to an activating group) is 1. The summed E-state index contributed by atoms with van der Waals surface area (Å²) < 4.78 is 71.4. The highest BCUT2D eigenvalue weighted by atomic mass is 79.9. The zero-order chi connectivity index (χ0) is 28.7. The number of fused-ring (bicyclic) bond motifs is 1. The molecule has 14 heteroatoms. The SMILES string of the molecule is CN1CCN(S(=O)(=O)c2ccc([C@@H](CC3CCCC3)C(=O)Nc3nc4ccc(Br)nc4s3)cc2C(F)(F)F)CC1. The van der Waals surface area contributed by atoms with Crippen LogP contribution in [0.3, 0.4) is 0 Å². The van der Waals surface area contributed by atoms with E-state index in [9.17, 15) is 26.4 Å². The molecule has 2 fully saturated rings. The van der Waals surface area contributed by atoms with E-state index in [4.69, 9.17) is 0 Å². The first-order valence-electron chi connectivity index (χ1n) is 13.1. The maximum Gasteiger partial charge on any atom is 0.417 e. The number of pyridine rings is 1. The number of anilines is 1. The van der Waals surface area contributed by atoms with E-state index >= 15 is 0 Å². The number of thiazole rings is 1. The van der Waals surface area contributed by atoms with Gasteiger partial charge in [-0.2, -0.15) is 17.5 Å². The average Bonchev–Trinajstić information content (AvgIpc) is 3.55. The van der Waals surface area contributed by atoms with Crippen molar-refractivity contribution in [3.8, 4) is 0 Å². The first kappa shape index (κ1) is 29.4. The molecule has 216 valence electrons. The van der Waals surface area contributed by atoms with Gasteiger partial charge in [-0.3, -0.25) is 4.79 Å². The second-order valence-corrected chi connectivity index (χ2v) is 14.1. The Balaban J connectivity index is 1.49. The monoisotopic (exact) mass is 659 g/mol. The topological polar surface area (TPSA) is 95.5 Å². The number of halogens is 4. The van der Waals surface area contributed by atoms with Crippen molar-refractivity contribution in [3.05, 3.63) is 46.1 Å². The Hall–Kier alpha value is -2.13. The molecule has 1 N–H and O–H groups in total. The molecule has 8 nitrogen and oxygen atoms in total. The minimum absolute atomic E-state index is 0.109. The number of hydrogen-bond acceptors (Lipinski definition) is 7. The maximum atomic E-state index is 14.3. The predicted molar refractivity (Wildman–Crippen MR) is 151 cm³/mol. The Morgan fingerprint density at radius 2 is 1.82 bits per heavy atom. The molecule has 3 aromatic rings. The van der Waals surface area contributed by atoms with E-state index in [2.05, 4.69) is 31.2 Å². The van der Waals surface area contributed by atoms with Crippen LogP contribution in [0.4, 0.5) is 18.3 Å². The third kappa shape index (κ3) is 6.35. The van der Waals surface area contributed by atoms with Gasteiger partial charge in [0.15, 0.2) is 5.13 Å². The van der Waals surface area contributed by atoms with Crippen LogP contribution in [0.1, 0.15) is 49.1 Å². The van der Waals surface area contributed by atoms with Gasteiger partial charge in [0, 0.05) is 26.2 Å². The van der Waals surface area contributed by atoms with Gasteiger partial charge in [-0.25, -0.2) is 18.4 Å². The molecule has 0 radical (unpaired) electrons. The largest absolute Gasteiger partial charge is 0.417 e. The maximum absolute atomic E-state index is 14.3. The van der Waals surface area contributed by atoms with Crippen LogP contribution in [0.5, 0.6) is 0 Å². The smallest absolute Gasteiger partial charge is 0.304 e. The van der Waals surface area contributed by atoms with Crippen molar-refractivity contribution >= 4 is 58.7 Å². The van der Waals surface area contributed by atoms with Crippen LogP contribution < -0.4 is 5.32 Å². The van der Waals surface area contributed by atoms with Crippen molar-refractivity contribution in [1.82, 2.24) is 19.2 Å². The lowest BCUT2D eigenvalue weighted by molar-refractivity contribution is -0.140. The number of rotatable bonds is 7. The molecule has 1 aromatic carbocycles. The molecule has 1 atom stereocenters. The minimum atomic E-state index is -4.93. The second-order valence-electron chi connectivity index (χ2n) is 10.4. The zero-order valence-electron chi connectivity index (χ0n) is 21.7. The van der Waals surface area contributed by atoms with Crippen molar-refractivity contribution in [2.24, 2.45) is 5.92 Å². The highest BCUT2D eigenvalue weighted by molar-refractivity contribution is 9.10. The van der Waals surface area contributed by atoms with Gasteiger partial charge in [-0.1, -0.05) is 43.1 Å². The van der Waals surface area contributed by atoms with Gasteiger partial charge in [0.1, 0.15) is 15.0 Å². The third-order valence-corrected chi connectivity index (χ3v) is 10.9. The summed E-state index contributed by atoms with van der Waals surface area (Å²) in [4.78, 5) is 24.1. The molecule has 0 spiro atoms. The molecule has 5 rings (SSSR count). The fourth-order valence-corrected chi connectivity index (χ4v) is 8.28. The lowest BCUT2D eigenvalue weighted by atomic mass is 9.86. The Morgan fingerprint density at radius 3 is 2.50 bits per heavy atom. The molecule has 0 bridgehead atoms. The minimum Gasteiger partial charge on any atom is -0.304 e. The number of carbonyl (C=O) groups is 1. The van der Waals surface area contributed by atoms with Crippen LogP contribution in [0.2, 0.25) is 0 Å². The number of carbonyl (C=O) groups excluding carboxylic acids is 1. The van der Waals surface area contributed by atoms with E-state index in [1.54, 1.807) is 12.1 Å². The highest BCUT2D eigenvalue weighted by Crippen LogP contribution is 2.40. The lowest BCUT2D eigenvalue weighted by Crippen LogP contribution is -2.47. The van der Waals surface area contributed by atoms with Crippen molar-refractivity contribution in [1.29, 1.82) is 0 Å². The quantitative estimate of drug-likeness (QED) is 0.327. The molecule has 1 aliphatic carbocycles. The second kappa shape index (κ2) is 11.6. The Kier molecular flexibility index (Phi) is 8.54. The van der Waals surface area contributed by atoms with E-state index < -0.39 is 38.5 Å². The number of alkyl halides is 3. The number of benzene rings is 1. The summed E-state index contributed by atoms with van der Waals surface area (Å²) in [6.45, 7) is 1.08. The van der Waals surface area contributed by atoms with Crippen LogP contribution in [0.15, 0.2) is 39.8 Å².